The molecule has 0 saturated heterocycles. The smallest absolute Gasteiger partial charge is 0.390 e. The molecule has 4 aromatic rings. The first-order valence-corrected chi connectivity index (χ1v) is 11.6. The van der Waals surface area contributed by atoms with E-state index < -0.39 is 36.7 Å². The van der Waals surface area contributed by atoms with E-state index in [9.17, 15) is 28.0 Å². The molecule has 37 heavy (non-hydrogen) atoms. The molecule has 0 saturated carbocycles. The van der Waals surface area contributed by atoms with Gasteiger partial charge >= 0.3 is 6.18 Å². The van der Waals surface area contributed by atoms with Crippen LogP contribution in [0.4, 0.5) is 13.2 Å². The van der Waals surface area contributed by atoms with Gasteiger partial charge in [-0.05, 0) is 24.1 Å². The number of rotatable bonds is 8. The number of fused-ring (bicyclic) bond motifs is 1. The molecule has 0 spiro atoms. The van der Waals surface area contributed by atoms with Crippen LogP contribution in [0.15, 0.2) is 78.0 Å². The van der Waals surface area contributed by atoms with E-state index in [1.165, 1.54) is 22.9 Å². The lowest BCUT2D eigenvalue weighted by atomic mass is 10.1. The van der Waals surface area contributed by atoms with E-state index in [1.54, 1.807) is 19.1 Å². The van der Waals surface area contributed by atoms with E-state index in [2.05, 4.69) is 9.97 Å². The molecule has 0 bridgehead atoms. The first-order valence-electron chi connectivity index (χ1n) is 11.6. The average molecular weight is 512 g/mol. The molecule has 8 nitrogen and oxygen atoms in total. The van der Waals surface area contributed by atoms with Crippen molar-refractivity contribution in [2.24, 2.45) is 0 Å². The number of hydrogen-bond donors (Lipinski definition) is 0. The van der Waals surface area contributed by atoms with Crippen molar-refractivity contribution in [3.8, 4) is 0 Å². The Morgan fingerprint density at radius 3 is 2.46 bits per heavy atom. The average Bonchev–Trinajstić information content (AvgIpc) is 2.88. The lowest BCUT2D eigenvalue weighted by molar-refractivity contribution is -0.605. The third-order valence-corrected chi connectivity index (χ3v) is 5.95. The van der Waals surface area contributed by atoms with Gasteiger partial charge in [0, 0.05) is 24.9 Å². The summed E-state index contributed by atoms with van der Waals surface area (Å²) < 4.78 is 41.7. The molecule has 0 aliphatic carbocycles. The van der Waals surface area contributed by atoms with E-state index in [0.29, 0.717) is 4.73 Å². The van der Waals surface area contributed by atoms with Gasteiger partial charge < -0.3 is 10.1 Å². The molecule has 0 aliphatic heterocycles. The number of pyridine rings is 2. The lowest BCUT2D eigenvalue weighted by Crippen LogP contribution is -2.41. The van der Waals surface area contributed by atoms with Crippen molar-refractivity contribution in [3.05, 3.63) is 106 Å². The number of hydrogen-bond acceptors (Lipinski definition) is 5. The fourth-order valence-electron chi connectivity index (χ4n) is 4.15. The maximum Gasteiger partial charge on any atom is 0.390 e. The van der Waals surface area contributed by atoms with Crippen molar-refractivity contribution in [2.75, 3.05) is 6.54 Å². The van der Waals surface area contributed by atoms with Gasteiger partial charge in [-0.3, -0.25) is 14.2 Å². The van der Waals surface area contributed by atoms with Crippen LogP contribution in [0.1, 0.15) is 47.6 Å². The number of nitrogens with zero attached hydrogens (tertiary/aromatic N) is 5. The Balaban J connectivity index is 1.87. The van der Waals surface area contributed by atoms with Crippen LogP contribution < -0.4 is 10.3 Å². The number of carbonyl (C=O) groups is 1. The Hall–Kier alpha value is -4.28. The third kappa shape index (κ3) is 5.93. The fraction of sp³-hybridized carbons (Fsp3) is 0.269. The maximum absolute atomic E-state index is 13.6. The molecule has 1 amide bonds. The summed E-state index contributed by atoms with van der Waals surface area (Å²) in [6.45, 7) is 1.15. The molecule has 11 heteroatoms. The molecular formula is C26H24F3N5O3. The highest BCUT2D eigenvalue weighted by molar-refractivity contribution is 5.94. The second-order valence-electron chi connectivity index (χ2n) is 8.46. The Bertz CT molecular complexity index is 1440. The molecule has 0 fully saturated rings. The van der Waals surface area contributed by atoms with E-state index >= 15 is 0 Å². The molecule has 0 aliphatic rings. The quantitative estimate of drug-likeness (QED) is 0.263. The molecule has 1 aromatic carbocycles. The zero-order valence-electron chi connectivity index (χ0n) is 19.9. The van der Waals surface area contributed by atoms with Crippen molar-refractivity contribution < 1.29 is 22.7 Å². The molecule has 4 rings (SSSR count). The number of carbonyl (C=O) groups excluding carboxylic acids is 1. The van der Waals surface area contributed by atoms with E-state index in [0.717, 1.165) is 22.9 Å². The summed E-state index contributed by atoms with van der Waals surface area (Å²) in [7, 11) is 0. The highest BCUT2D eigenvalue weighted by atomic mass is 19.4. The third-order valence-electron chi connectivity index (χ3n) is 5.95. The van der Waals surface area contributed by atoms with Gasteiger partial charge in [-0.2, -0.15) is 17.9 Å². The number of benzene rings is 1. The lowest BCUT2D eigenvalue weighted by Gasteiger charge is -2.32. The summed E-state index contributed by atoms with van der Waals surface area (Å²) in [5.41, 5.74) is 0.553. The number of amides is 1. The molecule has 1 atom stereocenters. The zero-order chi connectivity index (χ0) is 26.6. The topological polar surface area (TPSA) is 95.0 Å². The maximum atomic E-state index is 13.6. The Morgan fingerprint density at radius 2 is 1.81 bits per heavy atom. The van der Waals surface area contributed by atoms with Gasteiger partial charge in [-0.25, -0.2) is 9.97 Å². The molecule has 3 aromatic heterocycles. The Labute approximate surface area is 210 Å². The van der Waals surface area contributed by atoms with Gasteiger partial charge in [0.25, 0.3) is 11.5 Å². The molecular weight excluding hydrogens is 487 g/mol. The summed E-state index contributed by atoms with van der Waals surface area (Å²) in [5.74, 6) is -0.578. The van der Waals surface area contributed by atoms with Crippen LogP contribution in [0.5, 0.6) is 0 Å². The summed E-state index contributed by atoms with van der Waals surface area (Å²) in [6.07, 6.45) is -1.93. The summed E-state index contributed by atoms with van der Waals surface area (Å²) in [6, 6.07) is 13.8. The van der Waals surface area contributed by atoms with Crippen molar-refractivity contribution in [1.82, 2.24) is 19.4 Å². The second kappa shape index (κ2) is 10.8. The SMILES string of the molecule is CCC(c1nc2ncccc2c(=O)n1Cc1ccccc1)N(CCC(F)(F)F)C(=O)c1cc[n+]([O-])cc1. The monoisotopic (exact) mass is 511 g/mol. The largest absolute Gasteiger partial charge is 0.619 e. The van der Waals surface area contributed by atoms with Gasteiger partial charge in [-0.15, -0.1) is 0 Å². The van der Waals surface area contributed by atoms with Crippen molar-refractivity contribution >= 4 is 16.9 Å². The van der Waals surface area contributed by atoms with E-state index in [1.807, 2.05) is 30.3 Å². The number of halogens is 3. The summed E-state index contributed by atoms with van der Waals surface area (Å²) in [4.78, 5) is 36.9. The van der Waals surface area contributed by atoms with Crippen molar-refractivity contribution in [1.29, 1.82) is 0 Å². The molecule has 3 heterocycles. The standard InChI is InChI=1S/C26H24F3N5O3/c1-2-21(33(16-12-26(27,28)29)24(35)19-10-14-32(37)15-11-19)23-31-22-20(9-6-13-30-22)25(36)34(23)17-18-7-4-3-5-8-18/h3-11,13-15,21H,2,12,16-17H2,1H3. The van der Waals surface area contributed by atoms with Gasteiger partial charge in [0.15, 0.2) is 18.0 Å². The minimum atomic E-state index is -4.52. The summed E-state index contributed by atoms with van der Waals surface area (Å²) >= 11 is 0. The van der Waals surface area contributed by atoms with Crippen LogP contribution in [0.2, 0.25) is 0 Å². The molecule has 0 N–H and O–H groups in total. The Kier molecular flexibility index (Phi) is 7.51. The van der Waals surface area contributed by atoms with Gasteiger partial charge in [0.2, 0.25) is 0 Å². The highest BCUT2D eigenvalue weighted by Gasteiger charge is 2.34. The van der Waals surface area contributed by atoms with Gasteiger partial charge in [0.05, 0.1) is 30.0 Å². The normalized spacial score (nSPS) is 12.4. The van der Waals surface area contributed by atoms with E-state index in [4.69, 9.17) is 0 Å². The minimum absolute atomic E-state index is 0.0450. The zero-order valence-corrected chi connectivity index (χ0v) is 19.9. The Morgan fingerprint density at radius 1 is 1.11 bits per heavy atom. The van der Waals surface area contributed by atoms with Crippen molar-refractivity contribution in [3.63, 3.8) is 0 Å². The molecule has 192 valence electrons. The minimum Gasteiger partial charge on any atom is -0.619 e. The summed E-state index contributed by atoms with van der Waals surface area (Å²) in [5, 5.41) is 11.7. The highest BCUT2D eigenvalue weighted by Crippen LogP contribution is 2.29. The van der Waals surface area contributed by atoms with Crippen LogP contribution in [-0.4, -0.2) is 38.1 Å². The number of aromatic nitrogens is 4. The van der Waals surface area contributed by atoms with Crippen LogP contribution in [0.25, 0.3) is 11.0 Å². The molecule has 1 unspecified atom stereocenters. The number of alkyl halides is 3. The van der Waals surface area contributed by atoms with Crippen LogP contribution in [0.3, 0.4) is 0 Å². The van der Waals surface area contributed by atoms with Crippen molar-refractivity contribution in [2.45, 2.75) is 38.5 Å². The first-order chi connectivity index (χ1) is 17.7. The fourth-order valence-corrected chi connectivity index (χ4v) is 4.15. The van der Waals surface area contributed by atoms with Crippen LogP contribution >= 0.6 is 0 Å². The van der Waals surface area contributed by atoms with Gasteiger partial charge in [0.1, 0.15) is 5.82 Å². The predicted molar refractivity (Wildman–Crippen MR) is 129 cm³/mol. The first kappa shape index (κ1) is 25.8. The second-order valence-corrected chi connectivity index (χ2v) is 8.46. The van der Waals surface area contributed by atoms with Gasteiger partial charge in [-0.1, -0.05) is 37.3 Å². The van der Waals surface area contributed by atoms with Crippen LogP contribution in [0, 0.1) is 5.21 Å². The molecule has 0 radical (unpaired) electrons. The predicted octanol–water partition coefficient (Wildman–Crippen LogP) is 4.02. The van der Waals surface area contributed by atoms with Crippen LogP contribution in [-0.2, 0) is 6.54 Å². The van der Waals surface area contributed by atoms with E-state index in [-0.39, 0.29) is 35.4 Å².